The highest BCUT2D eigenvalue weighted by Gasteiger charge is 2.37. The van der Waals surface area contributed by atoms with E-state index in [1.54, 1.807) is 11.8 Å². The number of benzene rings is 1. The third kappa shape index (κ3) is 6.65. The fourth-order valence-corrected chi connectivity index (χ4v) is 4.11. The molecule has 166 valence electrons. The van der Waals surface area contributed by atoms with Gasteiger partial charge in [0.1, 0.15) is 12.1 Å². The highest BCUT2D eigenvalue weighted by atomic mass is 32.2. The fourth-order valence-electron chi connectivity index (χ4n) is 3.48. The molecule has 0 aliphatic carbocycles. The van der Waals surface area contributed by atoms with Gasteiger partial charge in [0.2, 0.25) is 11.8 Å². The lowest BCUT2D eigenvalue weighted by molar-refractivity contribution is -0.146. The summed E-state index contributed by atoms with van der Waals surface area (Å²) in [5, 5.41) is 15.3. The zero-order chi connectivity index (χ0) is 22.1. The van der Waals surface area contributed by atoms with Crippen molar-refractivity contribution in [2.75, 3.05) is 24.3 Å². The summed E-state index contributed by atoms with van der Waals surface area (Å²) in [5.41, 5.74) is 2.02. The van der Waals surface area contributed by atoms with Crippen LogP contribution in [0, 0.1) is 0 Å². The summed E-state index contributed by atoms with van der Waals surface area (Å²) in [5.74, 6) is -0.302. The largest absolute Gasteiger partial charge is 0.480 e. The van der Waals surface area contributed by atoms with Crippen LogP contribution in [0.4, 0.5) is 0 Å². The van der Waals surface area contributed by atoms with Crippen LogP contribution >= 0.6 is 24.4 Å². The molecule has 0 saturated heterocycles. The number of hydrogen-bond acceptors (Lipinski definition) is 6. The molecule has 1 heterocycles. The Hall–Kier alpha value is -1.71. The van der Waals surface area contributed by atoms with E-state index < -0.39 is 30.0 Å². The predicted molar refractivity (Wildman–Crippen MR) is 123 cm³/mol. The van der Waals surface area contributed by atoms with Crippen LogP contribution in [0.2, 0.25) is 0 Å². The van der Waals surface area contributed by atoms with Crippen LogP contribution in [0.1, 0.15) is 30.9 Å². The van der Waals surface area contributed by atoms with Crippen molar-refractivity contribution < 1.29 is 19.5 Å². The molecule has 0 unspecified atom stereocenters. The molecule has 30 heavy (non-hydrogen) atoms. The van der Waals surface area contributed by atoms with Gasteiger partial charge in [-0.3, -0.25) is 9.59 Å². The second-order valence-electron chi connectivity index (χ2n) is 7.39. The minimum absolute atomic E-state index is 0.167. The first-order valence-corrected chi connectivity index (χ1v) is 12.1. The molecule has 0 radical (unpaired) electrons. The van der Waals surface area contributed by atoms with Crippen molar-refractivity contribution >= 4 is 42.2 Å². The number of rotatable bonds is 11. The van der Waals surface area contributed by atoms with Gasteiger partial charge in [0, 0.05) is 13.0 Å². The molecular formula is C21H31N3O4S2. The normalized spacial score (nSPS) is 17.7. The molecule has 1 aliphatic rings. The molecule has 1 aliphatic heterocycles. The number of thioether (sulfide) groups is 1. The van der Waals surface area contributed by atoms with E-state index in [9.17, 15) is 19.5 Å². The topological polar surface area (TPSA) is 98.7 Å². The third-order valence-electron chi connectivity index (χ3n) is 5.22. The molecule has 9 heteroatoms. The van der Waals surface area contributed by atoms with Gasteiger partial charge in [0.15, 0.2) is 0 Å². The highest BCUT2D eigenvalue weighted by molar-refractivity contribution is 7.98. The molecule has 0 fully saturated rings. The van der Waals surface area contributed by atoms with Crippen LogP contribution in [0.3, 0.4) is 0 Å². The molecule has 0 bridgehead atoms. The number of nitrogens with zero attached hydrogens (tertiary/aromatic N) is 1. The van der Waals surface area contributed by atoms with Crippen LogP contribution in [0.15, 0.2) is 24.3 Å². The van der Waals surface area contributed by atoms with Crippen LogP contribution in [-0.4, -0.2) is 70.2 Å². The van der Waals surface area contributed by atoms with Crippen molar-refractivity contribution in [2.45, 2.75) is 50.9 Å². The molecule has 0 spiro atoms. The van der Waals surface area contributed by atoms with Gasteiger partial charge in [-0.2, -0.15) is 24.4 Å². The highest BCUT2D eigenvalue weighted by Crippen LogP contribution is 2.24. The number of hydrogen-bond donors (Lipinski definition) is 4. The lowest BCUT2D eigenvalue weighted by atomic mass is 9.92. The van der Waals surface area contributed by atoms with Gasteiger partial charge >= 0.3 is 5.97 Å². The van der Waals surface area contributed by atoms with Crippen LogP contribution in [-0.2, 0) is 27.3 Å². The van der Waals surface area contributed by atoms with Crippen molar-refractivity contribution in [3.05, 3.63) is 35.4 Å². The lowest BCUT2D eigenvalue weighted by Gasteiger charge is -2.38. The Balaban J connectivity index is 2.20. The quantitative estimate of drug-likeness (QED) is 0.300. The molecule has 3 atom stereocenters. The lowest BCUT2D eigenvalue weighted by Crippen LogP contribution is -2.58. The van der Waals surface area contributed by atoms with Gasteiger partial charge in [-0.25, -0.2) is 4.79 Å². The number of thiol groups is 1. The molecule has 7 nitrogen and oxygen atoms in total. The standard InChI is InChI=1S/C21H31N3O4S2/c1-14(22-9-5-10-29)20(26)24-13-16-7-4-3-6-15(16)12-18(24)19(25)23-17(21(27)28)8-11-30-2/h3-4,6-7,14,17-18,22,29H,5,8-13H2,1-2H3,(H,23,25)(H,27,28)/t14-,17-,18+/m0/s1. The van der Waals surface area contributed by atoms with E-state index in [4.69, 9.17) is 0 Å². The molecule has 3 N–H and O–H groups in total. The van der Waals surface area contributed by atoms with Crippen molar-refractivity contribution in [1.82, 2.24) is 15.5 Å². The van der Waals surface area contributed by atoms with Gasteiger partial charge in [-0.15, -0.1) is 0 Å². The van der Waals surface area contributed by atoms with E-state index in [0.717, 1.165) is 23.3 Å². The van der Waals surface area contributed by atoms with Gasteiger partial charge in [0.25, 0.3) is 0 Å². The minimum Gasteiger partial charge on any atom is -0.480 e. The summed E-state index contributed by atoms with van der Waals surface area (Å²) >= 11 is 5.71. The summed E-state index contributed by atoms with van der Waals surface area (Å²) < 4.78 is 0. The summed E-state index contributed by atoms with van der Waals surface area (Å²) in [6.45, 7) is 2.77. The van der Waals surface area contributed by atoms with Gasteiger partial charge in [-0.05, 0) is 55.2 Å². The van der Waals surface area contributed by atoms with Crippen LogP contribution in [0.5, 0.6) is 0 Å². The Morgan fingerprint density at radius 2 is 2.00 bits per heavy atom. The van der Waals surface area contributed by atoms with Crippen molar-refractivity contribution in [1.29, 1.82) is 0 Å². The first kappa shape index (κ1) is 24.6. The maximum atomic E-state index is 13.2. The van der Waals surface area contributed by atoms with Crippen molar-refractivity contribution in [2.24, 2.45) is 0 Å². The summed E-state index contributed by atoms with van der Waals surface area (Å²) in [7, 11) is 0. The maximum absolute atomic E-state index is 13.2. The molecule has 2 amide bonds. The number of carboxylic acid groups (broad SMARTS) is 1. The first-order valence-electron chi connectivity index (χ1n) is 10.1. The fraction of sp³-hybridized carbons (Fsp3) is 0.571. The Labute approximate surface area is 187 Å². The molecule has 1 aromatic rings. The van der Waals surface area contributed by atoms with Crippen molar-refractivity contribution in [3.8, 4) is 0 Å². The number of fused-ring (bicyclic) bond motifs is 1. The number of carbonyl (C=O) groups excluding carboxylic acids is 2. The van der Waals surface area contributed by atoms with E-state index >= 15 is 0 Å². The average Bonchev–Trinajstić information content (AvgIpc) is 2.74. The zero-order valence-electron chi connectivity index (χ0n) is 17.5. The monoisotopic (exact) mass is 453 g/mol. The van der Waals surface area contributed by atoms with Crippen LogP contribution in [0.25, 0.3) is 0 Å². The minimum atomic E-state index is -1.06. The summed E-state index contributed by atoms with van der Waals surface area (Å²) in [4.78, 5) is 39.4. The Bertz CT molecular complexity index is 747. The molecule has 1 aromatic carbocycles. The zero-order valence-corrected chi connectivity index (χ0v) is 19.2. The van der Waals surface area contributed by atoms with E-state index in [1.807, 2.05) is 30.5 Å². The Morgan fingerprint density at radius 1 is 1.30 bits per heavy atom. The van der Waals surface area contributed by atoms with E-state index in [1.165, 1.54) is 11.8 Å². The Kier molecular flexibility index (Phi) is 10.0. The predicted octanol–water partition coefficient (Wildman–Crippen LogP) is 1.56. The number of carbonyl (C=O) groups is 3. The number of nitrogens with one attached hydrogen (secondary N) is 2. The van der Waals surface area contributed by atoms with Gasteiger partial charge < -0.3 is 20.6 Å². The van der Waals surface area contributed by atoms with E-state index in [0.29, 0.717) is 31.7 Å². The van der Waals surface area contributed by atoms with E-state index in [-0.39, 0.29) is 5.91 Å². The van der Waals surface area contributed by atoms with Crippen LogP contribution < -0.4 is 10.6 Å². The smallest absolute Gasteiger partial charge is 0.326 e. The maximum Gasteiger partial charge on any atom is 0.326 e. The van der Waals surface area contributed by atoms with Crippen molar-refractivity contribution in [3.63, 3.8) is 0 Å². The second-order valence-corrected chi connectivity index (χ2v) is 8.82. The molecule has 2 rings (SSSR count). The molecule has 0 saturated carbocycles. The molecular weight excluding hydrogens is 422 g/mol. The number of amides is 2. The molecule has 0 aromatic heterocycles. The summed E-state index contributed by atoms with van der Waals surface area (Å²) in [6, 6.07) is 5.58. The third-order valence-corrected chi connectivity index (χ3v) is 6.18. The van der Waals surface area contributed by atoms with E-state index in [2.05, 4.69) is 23.3 Å². The summed E-state index contributed by atoms with van der Waals surface area (Å²) in [6.07, 6.45) is 3.43. The van der Waals surface area contributed by atoms with Gasteiger partial charge in [0.05, 0.1) is 6.04 Å². The Morgan fingerprint density at radius 3 is 2.63 bits per heavy atom. The SMILES string of the molecule is CSCC[C@H](NC(=O)[C@H]1Cc2ccccc2CN1C(=O)[C@H](C)NCCCS)C(=O)O. The average molecular weight is 454 g/mol. The first-order chi connectivity index (χ1) is 14.4. The second kappa shape index (κ2) is 12.2. The van der Waals surface area contributed by atoms with Gasteiger partial charge in [-0.1, -0.05) is 24.3 Å². The number of carboxylic acids is 1. The number of aliphatic carboxylic acids is 1.